The monoisotopic (exact) mass is 308 g/mol. The van der Waals surface area contributed by atoms with Crippen LogP contribution < -0.4 is 11.1 Å². The van der Waals surface area contributed by atoms with Crippen LogP contribution in [0.2, 0.25) is 0 Å². The van der Waals surface area contributed by atoms with Crippen LogP contribution in [0.25, 0.3) is 0 Å². The fourth-order valence-electron chi connectivity index (χ4n) is 2.71. The lowest BCUT2D eigenvalue weighted by atomic mass is 10.1. The summed E-state index contributed by atoms with van der Waals surface area (Å²) >= 11 is 1.88. The van der Waals surface area contributed by atoms with E-state index in [1.807, 2.05) is 17.8 Å². The number of carbonyl (C=O) groups is 1. The highest BCUT2D eigenvalue weighted by Gasteiger charge is 2.35. The number of ether oxygens (including phenoxy) is 1. The van der Waals surface area contributed by atoms with E-state index in [1.54, 1.807) is 7.11 Å². The van der Waals surface area contributed by atoms with E-state index < -0.39 is 6.04 Å². The van der Waals surface area contributed by atoms with Gasteiger partial charge in [0, 0.05) is 23.3 Å². The molecule has 1 aliphatic rings. The molecule has 0 spiro atoms. The summed E-state index contributed by atoms with van der Waals surface area (Å²) in [6.45, 7) is 0.924. The fraction of sp³-hybridized carbons (Fsp3) is 0.562. The first kappa shape index (κ1) is 16.3. The van der Waals surface area contributed by atoms with E-state index in [9.17, 15) is 4.79 Å². The van der Waals surface area contributed by atoms with Crippen molar-refractivity contribution >= 4 is 17.7 Å². The number of hydrogen-bond donors (Lipinski definition) is 2. The van der Waals surface area contributed by atoms with Crippen LogP contribution >= 0.6 is 11.8 Å². The van der Waals surface area contributed by atoms with Crippen LogP contribution in [0.1, 0.15) is 25.7 Å². The molecule has 1 amide bonds. The number of nitrogens with one attached hydrogen (secondary N) is 1. The zero-order valence-electron chi connectivity index (χ0n) is 12.5. The first-order chi connectivity index (χ1) is 10.2. The topological polar surface area (TPSA) is 64.3 Å². The van der Waals surface area contributed by atoms with Gasteiger partial charge in [-0.2, -0.15) is 0 Å². The predicted molar refractivity (Wildman–Crippen MR) is 86.4 cm³/mol. The highest BCUT2D eigenvalue weighted by molar-refractivity contribution is 8.00. The van der Waals surface area contributed by atoms with Crippen molar-refractivity contribution in [2.75, 3.05) is 20.3 Å². The van der Waals surface area contributed by atoms with Crippen molar-refractivity contribution in [1.29, 1.82) is 0 Å². The molecular formula is C16H24N2O2S. The molecule has 1 aromatic rings. The molecule has 1 aliphatic carbocycles. The average Bonchev–Trinajstić information content (AvgIpc) is 2.95. The Morgan fingerprint density at radius 2 is 2.05 bits per heavy atom. The maximum Gasteiger partial charge on any atom is 0.239 e. The van der Waals surface area contributed by atoms with E-state index >= 15 is 0 Å². The molecule has 5 heteroatoms. The number of hydrogen-bond acceptors (Lipinski definition) is 4. The summed E-state index contributed by atoms with van der Waals surface area (Å²) in [6, 6.07) is 9.80. The van der Waals surface area contributed by atoms with Gasteiger partial charge in [-0.05, 0) is 25.0 Å². The van der Waals surface area contributed by atoms with Gasteiger partial charge in [0.15, 0.2) is 0 Å². The number of methoxy groups -OCH3 is 1. The SMILES string of the molecule is COCC(N)C(=O)NCC1(Sc2ccccc2)CCCC1. The van der Waals surface area contributed by atoms with Gasteiger partial charge in [0.05, 0.1) is 6.61 Å². The second-order valence-electron chi connectivity index (χ2n) is 5.58. The first-order valence-corrected chi connectivity index (χ1v) is 8.23. The molecule has 1 saturated carbocycles. The van der Waals surface area contributed by atoms with Crippen molar-refractivity contribution in [2.45, 2.75) is 41.4 Å². The summed E-state index contributed by atoms with van der Waals surface area (Å²) in [6.07, 6.45) is 4.71. The first-order valence-electron chi connectivity index (χ1n) is 7.41. The van der Waals surface area contributed by atoms with Gasteiger partial charge in [0.2, 0.25) is 5.91 Å². The van der Waals surface area contributed by atoms with E-state index in [1.165, 1.54) is 17.7 Å². The smallest absolute Gasteiger partial charge is 0.239 e. The number of carbonyl (C=O) groups excluding carboxylic acids is 1. The molecule has 1 unspecified atom stereocenters. The molecule has 2 rings (SSSR count). The highest BCUT2D eigenvalue weighted by Crippen LogP contribution is 2.44. The van der Waals surface area contributed by atoms with Crippen LogP contribution in [0.4, 0.5) is 0 Å². The number of thioether (sulfide) groups is 1. The number of nitrogens with two attached hydrogens (primary N) is 1. The Morgan fingerprint density at radius 1 is 1.38 bits per heavy atom. The molecule has 0 bridgehead atoms. The van der Waals surface area contributed by atoms with Gasteiger partial charge >= 0.3 is 0 Å². The van der Waals surface area contributed by atoms with Gasteiger partial charge in [0.1, 0.15) is 6.04 Å². The van der Waals surface area contributed by atoms with Crippen molar-refractivity contribution in [1.82, 2.24) is 5.32 Å². The lowest BCUT2D eigenvalue weighted by Gasteiger charge is -2.29. The highest BCUT2D eigenvalue weighted by atomic mass is 32.2. The van der Waals surface area contributed by atoms with Gasteiger partial charge in [-0.15, -0.1) is 11.8 Å². The Kier molecular flexibility index (Phi) is 6.08. The molecule has 0 radical (unpaired) electrons. The lowest BCUT2D eigenvalue weighted by molar-refractivity contribution is -0.123. The Balaban J connectivity index is 1.94. The molecule has 3 N–H and O–H groups in total. The van der Waals surface area contributed by atoms with E-state index in [2.05, 4.69) is 29.6 Å². The fourth-order valence-corrected chi connectivity index (χ4v) is 4.14. The van der Waals surface area contributed by atoms with Crippen molar-refractivity contribution in [2.24, 2.45) is 5.73 Å². The molecule has 0 aromatic heterocycles. The molecular weight excluding hydrogens is 284 g/mol. The summed E-state index contributed by atoms with van der Waals surface area (Å²) in [4.78, 5) is 13.2. The zero-order valence-corrected chi connectivity index (χ0v) is 13.3. The molecule has 1 fully saturated rings. The molecule has 21 heavy (non-hydrogen) atoms. The number of rotatable bonds is 7. The van der Waals surface area contributed by atoms with Crippen LogP contribution in [0, 0.1) is 0 Å². The zero-order chi connectivity index (χ0) is 15.1. The van der Waals surface area contributed by atoms with Crippen LogP contribution in [0.3, 0.4) is 0 Å². The van der Waals surface area contributed by atoms with Crippen LogP contribution in [-0.2, 0) is 9.53 Å². The lowest BCUT2D eigenvalue weighted by Crippen LogP contribution is -2.47. The molecule has 0 heterocycles. The molecule has 1 atom stereocenters. The Labute approximate surface area is 130 Å². The van der Waals surface area contributed by atoms with E-state index in [-0.39, 0.29) is 17.3 Å². The van der Waals surface area contributed by atoms with Gasteiger partial charge in [-0.1, -0.05) is 31.0 Å². The predicted octanol–water partition coefficient (Wildman–Crippen LogP) is 2.18. The van der Waals surface area contributed by atoms with Crippen molar-refractivity contribution in [3.8, 4) is 0 Å². The minimum atomic E-state index is -0.588. The summed E-state index contributed by atoms with van der Waals surface area (Å²) < 4.78 is 5.03. The second-order valence-corrected chi connectivity index (χ2v) is 7.13. The van der Waals surface area contributed by atoms with Gasteiger partial charge < -0.3 is 15.8 Å². The van der Waals surface area contributed by atoms with E-state index in [0.717, 1.165) is 12.8 Å². The number of benzene rings is 1. The number of amides is 1. The van der Waals surface area contributed by atoms with E-state index in [0.29, 0.717) is 6.54 Å². The van der Waals surface area contributed by atoms with Crippen molar-refractivity contribution in [3.05, 3.63) is 30.3 Å². The third-order valence-corrected chi connectivity index (χ3v) is 5.35. The molecule has 1 aromatic carbocycles. The summed E-state index contributed by atoms with van der Waals surface area (Å²) in [5, 5.41) is 3.01. The standard InChI is InChI=1S/C16H24N2O2S/c1-20-11-14(17)15(19)18-12-16(9-5-6-10-16)21-13-7-3-2-4-8-13/h2-4,7-8,14H,5-6,9-12,17H2,1H3,(H,18,19). The van der Waals surface area contributed by atoms with Crippen molar-refractivity contribution < 1.29 is 9.53 Å². The van der Waals surface area contributed by atoms with Gasteiger partial charge in [-0.25, -0.2) is 0 Å². The van der Waals surface area contributed by atoms with Crippen LogP contribution in [0.15, 0.2) is 35.2 Å². The molecule has 4 nitrogen and oxygen atoms in total. The molecule has 0 saturated heterocycles. The summed E-state index contributed by atoms with van der Waals surface area (Å²) in [5.41, 5.74) is 5.76. The Bertz CT molecular complexity index is 447. The maximum atomic E-state index is 12.0. The Morgan fingerprint density at radius 3 is 2.67 bits per heavy atom. The van der Waals surface area contributed by atoms with Crippen LogP contribution in [-0.4, -0.2) is 37.0 Å². The summed E-state index contributed by atoms with van der Waals surface area (Å²) in [5.74, 6) is -0.128. The van der Waals surface area contributed by atoms with Crippen LogP contribution in [0.5, 0.6) is 0 Å². The maximum absolute atomic E-state index is 12.0. The van der Waals surface area contributed by atoms with E-state index in [4.69, 9.17) is 10.5 Å². The van der Waals surface area contributed by atoms with Gasteiger partial charge in [0.25, 0.3) is 0 Å². The largest absolute Gasteiger partial charge is 0.383 e. The minimum absolute atomic E-state index is 0.101. The van der Waals surface area contributed by atoms with Crippen molar-refractivity contribution in [3.63, 3.8) is 0 Å². The quantitative estimate of drug-likeness (QED) is 0.810. The third-order valence-electron chi connectivity index (χ3n) is 3.86. The second kappa shape index (κ2) is 7.82. The third kappa shape index (κ3) is 4.73. The Hall–Kier alpha value is -1.04. The average molecular weight is 308 g/mol. The molecule has 0 aliphatic heterocycles. The minimum Gasteiger partial charge on any atom is -0.383 e. The molecule has 116 valence electrons. The summed E-state index contributed by atoms with van der Waals surface area (Å²) in [7, 11) is 1.55. The normalized spacial score (nSPS) is 18.4. The van der Waals surface area contributed by atoms with Gasteiger partial charge in [-0.3, -0.25) is 4.79 Å².